The fourth-order valence-electron chi connectivity index (χ4n) is 6.41. The maximum absolute atomic E-state index is 13.3. The molecule has 1 aliphatic heterocycles. The number of pyridine rings is 2. The van der Waals surface area contributed by atoms with E-state index in [9.17, 15) is 4.79 Å². The molecule has 0 N–H and O–H groups in total. The number of nitrogens with zero attached hydrogens (tertiary/aromatic N) is 4. The van der Waals surface area contributed by atoms with Crippen molar-refractivity contribution >= 4 is 14.0 Å². The Hall–Kier alpha value is -2.84. The molecule has 1 unspecified atom stereocenters. The van der Waals surface area contributed by atoms with E-state index in [1.54, 1.807) is 4.90 Å². The third-order valence-electron chi connectivity index (χ3n) is 9.00. The highest BCUT2D eigenvalue weighted by atomic mass is 28.3. The zero-order valence-corrected chi connectivity index (χ0v) is 25.7. The van der Waals surface area contributed by atoms with Gasteiger partial charge < -0.3 is 14.1 Å². The van der Waals surface area contributed by atoms with E-state index in [1.165, 1.54) is 31.2 Å². The molecule has 6 rings (SSSR count). The molecule has 1 amide bonds. The summed E-state index contributed by atoms with van der Waals surface area (Å²) in [5, 5.41) is 0. The topological polar surface area (TPSA) is 81.4 Å². The van der Waals surface area contributed by atoms with Gasteiger partial charge in [0, 0.05) is 44.1 Å². The number of oxazole rings is 1. The van der Waals surface area contributed by atoms with E-state index < -0.39 is 8.07 Å². The van der Waals surface area contributed by atoms with Crippen molar-refractivity contribution in [2.24, 2.45) is 5.41 Å². The summed E-state index contributed by atoms with van der Waals surface area (Å²) in [6, 6.07) is 5.27. The van der Waals surface area contributed by atoms with Gasteiger partial charge in [-0.25, -0.2) is 4.98 Å². The minimum atomic E-state index is -1.18. The van der Waals surface area contributed by atoms with Gasteiger partial charge in [-0.05, 0) is 60.8 Å². The molecule has 8 heteroatoms. The lowest BCUT2D eigenvalue weighted by molar-refractivity contribution is 0.0295. The number of rotatable bonds is 9. The van der Waals surface area contributed by atoms with Crippen LogP contribution in [-0.2, 0) is 24.1 Å². The second-order valence-corrected chi connectivity index (χ2v) is 19.4. The van der Waals surface area contributed by atoms with Gasteiger partial charge >= 0.3 is 0 Å². The van der Waals surface area contributed by atoms with Crippen LogP contribution >= 0.6 is 0 Å². The van der Waals surface area contributed by atoms with E-state index in [0.29, 0.717) is 31.4 Å². The van der Waals surface area contributed by atoms with Crippen LogP contribution in [0.2, 0.25) is 25.7 Å². The Morgan fingerprint density at radius 3 is 2.70 bits per heavy atom. The van der Waals surface area contributed by atoms with Crippen LogP contribution in [0.1, 0.15) is 85.1 Å². The summed E-state index contributed by atoms with van der Waals surface area (Å²) in [4.78, 5) is 29.7. The molecule has 3 aromatic heterocycles. The molecule has 7 nitrogen and oxygen atoms in total. The lowest BCUT2D eigenvalue weighted by atomic mass is 9.85. The molecule has 0 radical (unpaired) electrons. The summed E-state index contributed by atoms with van der Waals surface area (Å²) in [6.45, 7) is 13.0. The Morgan fingerprint density at radius 1 is 1.12 bits per heavy atom. The summed E-state index contributed by atoms with van der Waals surface area (Å²) in [5.74, 6) is 1.92. The minimum Gasteiger partial charge on any atom is -0.441 e. The number of amides is 1. The minimum absolute atomic E-state index is 0.0276. The average molecular weight is 559 g/mol. The predicted molar refractivity (Wildman–Crippen MR) is 159 cm³/mol. The summed E-state index contributed by atoms with van der Waals surface area (Å²) in [5.41, 5.74) is 6.71. The van der Waals surface area contributed by atoms with Gasteiger partial charge in [0.25, 0.3) is 5.91 Å². The number of hydrogen-bond acceptors (Lipinski definition) is 6. The van der Waals surface area contributed by atoms with Crippen LogP contribution in [0.25, 0.3) is 22.6 Å². The smallest absolute Gasteiger partial charge is 0.257 e. The quantitative estimate of drug-likeness (QED) is 0.203. The molecule has 3 aliphatic rings. The summed E-state index contributed by atoms with van der Waals surface area (Å²) in [7, 11) is -1.18. The van der Waals surface area contributed by atoms with Crippen LogP contribution in [0.15, 0.2) is 28.9 Å². The first-order valence-electron chi connectivity index (χ1n) is 14.9. The first kappa shape index (κ1) is 27.3. The average Bonchev–Trinajstić information content (AvgIpc) is 3.69. The van der Waals surface area contributed by atoms with Crippen molar-refractivity contribution < 1.29 is 13.9 Å². The van der Waals surface area contributed by atoms with E-state index in [4.69, 9.17) is 24.1 Å². The number of hydrogen-bond donors (Lipinski definition) is 0. The summed E-state index contributed by atoms with van der Waals surface area (Å²) in [6.07, 6.45) is 11.7. The maximum Gasteiger partial charge on any atom is 0.257 e. The van der Waals surface area contributed by atoms with Gasteiger partial charge in [-0.15, -0.1) is 0 Å². The Balaban J connectivity index is 1.28. The highest BCUT2D eigenvalue weighted by Crippen LogP contribution is 2.42. The molecule has 1 saturated carbocycles. The van der Waals surface area contributed by atoms with Crippen molar-refractivity contribution in [1.29, 1.82) is 0 Å². The van der Waals surface area contributed by atoms with Crippen molar-refractivity contribution in [2.45, 2.75) is 96.9 Å². The fourth-order valence-corrected chi connectivity index (χ4v) is 7.17. The lowest BCUT2D eigenvalue weighted by Crippen LogP contribution is -2.28. The Labute approximate surface area is 238 Å². The van der Waals surface area contributed by atoms with Gasteiger partial charge in [-0.1, -0.05) is 46.3 Å². The highest BCUT2D eigenvalue weighted by molar-refractivity contribution is 6.76. The first-order chi connectivity index (χ1) is 19.1. The first-order valence-corrected chi connectivity index (χ1v) is 18.6. The zero-order valence-electron chi connectivity index (χ0n) is 24.7. The van der Waals surface area contributed by atoms with E-state index in [2.05, 4.69) is 39.6 Å². The molecular formula is C32H42N4O3Si. The molecule has 0 aromatic carbocycles. The van der Waals surface area contributed by atoms with E-state index in [-0.39, 0.29) is 11.3 Å². The largest absolute Gasteiger partial charge is 0.441 e. The van der Waals surface area contributed by atoms with Crippen LogP contribution in [-0.4, -0.2) is 47.2 Å². The number of aromatic nitrogens is 3. The van der Waals surface area contributed by atoms with Crippen LogP contribution in [0.4, 0.5) is 0 Å². The molecule has 1 fully saturated rings. The standard InChI is InChI=1S/C32H42N4O3Si/c1-21-8-9-22-14-25(27-18-34-28(39-27)16-32(2)10-6-7-11-32)30(35-29(21)22)23-15-24-26(33-17-23)19-36(31(24)37)20-38-12-13-40(3,4)5/h14-15,17-18,21H,6-13,16,19-20H2,1-5H3. The molecule has 2 aliphatic carbocycles. The lowest BCUT2D eigenvalue weighted by Gasteiger charge is -2.20. The van der Waals surface area contributed by atoms with Gasteiger partial charge in [-0.2, -0.15) is 0 Å². The molecule has 40 heavy (non-hydrogen) atoms. The van der Waals surface area contributed by atoms with Crippen molar-refractivity contribution in [2.75, 3.05) is 13.3 Å². The molecule has 0 spiro atoms. The zero-order chi connectivity index (χ0) is 28.1. The van der Waals surface area contributed by atoms with Crippen LogP contribution in [0, 0.1) is 5.41 Å². The predicted octanol–water partition coefficient (Wildman–Crippen LogP) is 7.24. The second-order valence-electron chi connectivity index (χ2n) is 13.8. The van der Waals surface area contributed by atoms with Crippen LogP contribution in [0.5, 0.6) is 0 Å². The van der Waals surface area contributed by atoms with Gasteiger partial charge in [0.2, 0.25) is 0 Å². The van der Waals surface area contributed by atoms with Crippen molar-refractivity contribution in [3.8, 4) is 22.6 Å². The highest BCUT2D eigenvalue weighted by Gasteiger charge is 2.33. The molecule has 4 heterocycles. The van der Waals surface area contributed by atoms with E-state index in [1.807, 2.05) is 18.5 Å². The van der Waals surface area contributed by atoms with Gasteiger partial charge in [0.15, 0.2) is 11.7 Å². The normalized spacial score (nSPS) is 19.9. The van der Waals surface area contributed by atoms with Gasteiger partial charge in [0.1, 0.15) is 6.73 Å². The molecular weight excluding hydrogens is 516 g/mol. The molecule has 212 valence electrons. The van der Waals surface area contributed by atoms with E-state index in [0.717, 1.165) is 65.2 Å². The number of carbonyl (C=O) groups excluding carboxylic acids is 1. The van der Waals surface area contributed by atoms with Crippen LogP contribution in [0.3, 0.4) is 0 Å². The van der Waals surface area contributed by atoms with Crippen molar-refractivity contribution in [1.82, 2.24) is 19.9 Å². The number of fused-ring (bicyclic) bond motifs is 2. The maximum atomic E-state index is 13.3. The third kappa shape index (κ3) is 5.53. The fraction of sp³-hybridized carbons (Fsp3) is 0.562. The van der Waals surface area contributed by atoms with Crippen molar-refractivity contribution in [3.63, 3.8) is 0 Å². The Morgan fingerprint density at radius 2 is 1.93 bits per heavy atom. The van der Waals surface area contributed by atoms with E-state index >= 15 is 0 Å². The number of carbonyl (C=O) groups is 1. The monoisotopic (exact) mass is 558 g/mol. The SMILES string of the molecule is CC1CCc2cc(-c3cnc(CC4(C)CCCC4)o3)c(-c3cnc4c(c3)C(=O)N(COCC[Si](C)(C)C)C4)nc21. The Bertz CT molecular complexity index is 1420. The van der Waals surface area contributed by atoms with Gasteiger partial charge in [-0.3, -0.25) is 14.8 Å². The third-order valence-corrected chi connectivity index (χ3v) is 10.7. The summed E-state index contributed by atoms with van der Waals surface area (Å²) < 4.78 is 12.3. The molecule has 3 aromatic rings. The van der Waals surface area contributed by atoms with Gasteiger partial charge in [0.05, 0.1) is 29.7 Å². The molecule has 0 saturated heterocycles. The summed E-state index contributed by atoms with van der Waals surface area (Å²) >= 11 is 0. The number of aryl methyl sites for hydroxylation is 1. The van der Waals surface area contributed by atoms with Crippen LogP contribution < -0.4 is 0 Å². The molecule has 0 bridgehead atoms. The van der Waals surface area contributed by atoms with Crippen molar-refractivity contribution in [3.05, 3.63) is 52.9 Å². The Kier molecular flexibility index (Phi) is 7.19. The number of ether oxygens (including phenoxy) is 1. The molecule has 1 atom stereocenters. The second kappa shape index (κ2) is 10.5.